The number of likely N-dealkylation sites (N-methyl/N-ethyl adjacent to an activating group) is 1. The van der Waals surface area contributed by atoms with Crippen molar-refractivity contribution in [3.8, 4) is 0 Å². The Morgan fingerprint density at radius 3 is 2.00 bits per heavy atom. The second-order valence-electron chi connectivity index (χ2n) is 7.27. The third kappa shape index (κ3) is 6.72. The van der Waals surface area contributed by atoms with Crippen LogP contribution in [0.25, 0.3) is 0 Å². The van der Waals surface area contributed by atoms with Crippen molar-refractivity contribution in [2.75, 3.05) is 20.6 Å². The molecular formula is C15H33N3. The first-order chi connectivity index (χ1) is 8.26. The standard InChI is InChI=1S/C15H33N3/c1-12(11-18(5)6)16-13-7-9-14(10-8-13)17-15(2,3)4/h12-14,16-17H,7-11H2,1-6H3. The fourth-order valence-corrected chi connectivity index (χ4v) is 3.02. The van der Waals surface area contributed by atoms with Crippen molar-refractivity contribution in [1.82, 2.24) is 15.5 Å². The van der Waals surface area contributed by atoms with Gasteiger partial charge in [0.1, 0.15) is 0 Å². The van der Waals surface area contributed by atoms with Crippen LogP contribution in [0.5, 0.6) is 0 Å². The Labute approximate surface area is 114 Å². The lowest BCUT2D eigenvalue weighted by atomic mass is 9.89. The van der Waals surface area contributed by atoms with Gasteiger partial charge in [0.15, 0.2) is 0 Å². The van der Waals surface area contributed by atoms with E-state index in [0.29, 0.717) is 12.1 Å². The van der Waals surface area contributed by atoms with Crippen molar-refractivity contribution < 1.29 is 0 Å². The van der Waals surface area contributed by atoms with Gasteiger partial charge in [0.05, 0.1) is 0 Å². The van der Waals surface area contributed by atoms with Crippen LogP contribution in [-0.2, 0) is 0 Å². The van der Waals surface area contributed by atoms with E-state index in [9.17, 15) is 0 Å². The predicted octanol–water partition coefficient (Wildman–Crippen LogP) is 2.23. The zero-order chi connectivity index (χ0) is 13.8. The van der Waals surface area contributed by atoms with Gasteiger partial charge in [0.25, 0.3) is 0 Å². The third-order valence-electron chi connectivity index (χ3n) is 3.52. The van der Waals surface area contributed by atoms with Gasteiger partial charge in [-0.05, 0) is 67.5 Å². The molecule has 1 aliphatic carbocycles. The highest BCUT2D eigenvalue weighted by molar-refractivity contribution is 4.86. The minimum absolute atomic E-state index is 0.253. The van der Waals surface area contributed by atoms with Crippen molar-refractivity contribution in [2.45, 2.75) is 77.0 Å². The van der Waals surface area contributed by atoms with Crippen LogP contribution >= 0.6 is 0 Å². The summed E-state index contributed by atoms with van der Waals surface area (Å²) < 4.78 is 0. The highest BCUT2D eigenvalue weighted by Crippen LogP contribution is 2.21. The van der Waals surface area contributed by atoms with Crippen molar-refractivity contribution in [3.05, 3.63) is 0 Å². The zero-order valence-electron chi connectivity index (χ0n) is 13.2. The molecule has 0 saturated heterocycles. The maximum Gasteiger partial charge on any atom is 0.0169 e. The van der Waals surface area contributed by atoms with Crippen molar-refractivity contribution >= 4 is 0 Å². The molecule has 0 amide bonds. The van der Waals surface area contributed by atoms with E-state index in [1.54, 1.807) is 0 Å². The van der Waals surface area contributed by atoms with E-state index in [4.69, 9.17) is 0 Å². The predicted molar refractivity (Wildman–Crippen MR) is 80.1 cm³/mol. The van der Waals surface area contributed by atoms with Crippen LogP contribution in [0.15, 0.2) is 0 Å². The average molecular weight is 255 g/mol. The molecule has 0 heterocycles. The molecule has 0 aromatic carbocycles. The van der Waals surface area contributed by atoms with E-state index in [1.165, 1.54) is 25.7 Å². The Morgan fingerprint density at radius 2 is 1.56 bits per heavy atom. The summed E-state index contributed by atoms with van der Waals surface area (Å²) in [6.07, 6.45) is 5.24. The number of rotatable bonds is 5. The van der Waals surface area contributed by atoms with Gasteiger partial charge >= 0.3 is 0 Å². The van der Waals surface area contributed by atoms with Crippen LogP contribution in [0.3, 0.4) is 0 Å². The summed E-state index contributed by atoms with van der Waals surface area (Å²) in [6.45, 7) is 10.2. The molecule has 0 aliphatic heterocycles. The SMILES string of the molecule is CC(CN(C)C)NC1CCC(NC(C)(C)C)CC1. The Morgan fingerprint density at radius 1 is 1.06 bits per heavy atom. The number of hydrogen-bond donors (Lipinski definition) is 2. The van der Waals surface area contributed by atoms with Gasteiger partial charge in [-0.1, -0.05) is 0 Å². The second kappa shape index (κ2) is 6.88. The van der Waals surface area contributed by atoms with E-state index >= 15 is 0 Å². The van der Waals surface area contributed by atoms with E-state index in [-0.39, 0.29) is 5.54 Å². The monoisotopic (exact) mass is 255 g/mol. The van der Waals surface area contributed by atoms with Crippen LogP contribution in [0.1, 0.15) is 53.4 Å². The fraction of sp³-hybridized carbons (Fsp3) is 1.00. The topological polar surface area (TPSA) is 27.3 Å². The van der Waals surface area contributed by atoms with Gasteiger partial charge in [0.2, 0.25) is 0 Å². The van der Waals surface area contributed by atoms with Crippen LogP contribution in [-0.4, -0.2) is 49.2 Å². The average Bonchev–Trinajstić information content (AvgIpc) is 2.17. The molecule has 1 fully saturated rings. The van der Waals surface area contributed by atoms with Crippen LogP contribution in [0.4, 0.5) is 0 Å². The van der Waals surface area contributed by atoms with E-state index in [2.05, 4.69) is 57.3 Å². The number of hydrogen-bond acceptors (Lipinski definition) is 3. The van der Waals surface area contributed by atoms with Gasteiger partial charge in [0, 0.05) is 30.2 Å². The molecule has 3 nitrogen and oxygen atoms in total. The maximum absolute atomic E-state index is 3.76. The van der Waals surface area contributed by atoms with E-state index in [1.807, 2.05) is 0 Å². The normalized spacial score (nSPS) is 27.5. The van der Waals surface area contributed by atoms with Gasteiger partial charge < -0.3 is 15.5 Å². The molecule has 1 unspecified atom stereocenters. The molecule has 0 spiro atoms. The lowest BCUT2D eigenvalue weighted by Gasteiger charge is -2.35. The number of nitrogens with zero attached hydrogens (tertiary/aromatic N) is 1. The highest BCUT2D eigenvalue weighted by Gasteiger charge is 2.24. The summed E-state index contributed by atoms with van der Waals surface area (Å²) in [4.78, 5) is 2.25. The largest absolute Gasteiger partial charge is 0.310 e. The molecule has 1 rings (SSSR count). The van der Waals surface area contributed by atoms with Crippen molar-refractivity contribution in [2.24, 2.45) is 0 Å². The summed E-state index contributed by atoms with van der Waals surface area (Å²) in [5, 5.41) is 7.49. The molecular weight excluding hydrogens is 222 g/mol. The molecule has 2 N–H and O–H groups in total. The Kier molecular flexibility index (Phi) is 6.09. The summed E-state index contributed by atoms with van der Waals surface area (Å²) in [5.74, 6) is 0. The van der Waals surface area contributed by atoms with Gasteiger partial charge in [-0.2, -0.15) is 0 Å². The van der Waals surface area contributed by atoms with Gasteiger partial charge in [-0.3, -0.25) is 0 Å². The third-order valence-corrected chi connectivity index (χ3v) is 3.52. The molecule has 18 heavy (non-hydrogen) atoms. The van der Waals surface area contributed by atoms with Crippen molar-refractivity contribution in [3.63, 3.8) is 0 Å². The summed E-state index contributed by atoms with van der Waals surface area (Å²) in [7, 11) is 4.28. The van der Waals surface area contributed by atoms with Gasteiger partial charge in [-0.15, -0.1) is 0 Å². The first-order valence-corrected chi connectivity index (χ1v) is 7.45. The first-order valence-electron chi connectivity index (χ1n) is 7.45. The molecule has 1 saturated carbocycles. The summed E-state index contributed by atoms with van der Waals surface area (Å²) >= 11 is 0. The smallest absolute Gasteiger partial charge is 0.0169 e. The first kappa shape index (κ1) is 15.9. The molecule has 3 heteroatoms. The van der Waals surface area contributed by atoms with Gasteiger partial charge in [-0.25, -0.2) is 0 Å². The second-order valence-corrected chi connectivity index (χ2v) is 7.27. The molecule has 108 valence electrons. The molecule has 1 atom stereocenters. The van der Waals surface area contributed by atoms with Crippen molar-refractivity contribution in [1.29, 1.82) is 0 Å². The minimum atomic E-state index is 0.253. The highest BCUT2D eigenvalue weighted by atomic mass is 15.1. The molecule has 0 bridgehead atoms. The maximum atomic E-state index is 3.76. The summed E-state index contributed by atoms with van der Waals surface area (Å²) in [5.41, 5.74) is 0.253. The molecule has 0 aromatic rings. The lowest BCUT2D eigenvalue weighted by Crippen LogP contribution is -2.49. The van der Waals surface area contributed by atoms with Crippen LogP contribution < -0.4 is 10.6 Å². The Hall–Kier alpha value is -0.120. The van der Waals surface area contributed by atoms with Crippen LogP contribution in [0, 0.1) is 0 Å². The lowest BCUT2D eigenvalue weighted by molar-refractivity contribution is 0.242. The quantitative estimate of drug-likeness (QED) is 0.789. The zero-order valence-corrected chi connectivity index (χ0v) is 13.2. The Bertz CT molecular complexity index is 224. The van der Waals surface area contributed by atoms with E-state index < -0.39 is 0 Å². The Balaban J connectivity index is 2.23. The molecule has 1 aliphatic rings. The molecule has 0 radical (unpaired) electrons. The molecule has 0 aromatic heterocycles. The van der Waals surface area contributed by atoms with Crippen LogP contribution in [0.2, 0.25) is 0 Å². The fourth-order valence-electron chi connectivity index (χ4n) is 3.02. The van der Waals surface area contributed by atoms with E-state index in [0.717, 1.165) is 12.6 Å². The number of nitrogens with one attached hydrogen (secondary N) is 2. The summed E-state index contributed by atoms with van der Waals surface area (Å²) in [6, 6.07) is 2.03. The minimum Gasteiger partial charge on any atom is -0.310 e.